The van der Waals surface area contributed by atoms with Crippen molar-refractivity contribution in [1.82, 2.24) is 5.32 Å². The van der Waals surface area contributed by atoms with Crippen molar-refractivity contribution in [3.63, 3.8) is 0 Å². The van der Waals surface area contributed by atoms with Crippen molar-refractivity contribution in [3.8, 4) is 11.5 Å². The Morgan fingerprint density at radius 3 is 2.63 bits per heavy atom. The van der Waals surface area contributed by atoms with Crippen LogP contribution in [0.15, 0.2) is 18.2 Å². The first kappa shape index (κ1) is 14.0. The molecule has 1 aliphatic rings. The summed E-state index contributed by atoms with van der Waals surface area (Å²) in [6.45, 7) is 6.50. The zero-order chi connectivity index (χ0) is 13.8. The Morgan fingerprint density at radius 1 is 1.16 bits per heavy atom. The van der Waals surface area contributed by atoms with E-state index in [-0.39, 0.29) is 0 Å². The minimum atomic E-state index is 0.476. The van der Waals surface area contributed by atoms with Gasteiger partial charge in [-0.25, -0.2) is 0 Å². The molecule has 4 nitrogen and oxygen atoms in total. The van der Waals surface area contributed by atoms with Gasteiger partial charge in [0, 0.05) is 31.2 Å². The predicted molar refractivity (Wildman–Crippen MR) is 78.4 cm³/mol. The van der Waals surface area contributed by atoms with Gasteiger partial charge < -0.3 is 19.7 Å². The lowest BCUT2D eigenvalue weighted by Crippen LogP contribution is -2.37. The van der Waals surface area contributed by atoms with Gasteiger partial charge in [-0.3, -0.25) is 0 Å². The molecule has 19 heavy (non-hydrogen) atoms. The highest BCUT2D eigenvalue weighted by molar-refractivity contribution is 5.61. The molecule has 1 aliphatic heterocycles. The van der Waals surface area contributed by atoms with E-state index in [9.17, 15) is 0 Å². The maximum absolute atomic E-state index is 5.50. The van der Waals surface area contributed by atoms with Crippen LogP contribution in [0.3, 0.4) is 0 Å². The van der Waals surface area contributed by atoms with Crippen molar-refractivity contribution >= 4 is 5.69 Å². The van der Waals surface area contributed by atoms with Crippen molar-refractivity contribution in [2.24, 2.45) is 0 Å². The van der Waals surface area contributed by atoms with Crippen LogP contribution in [0.2, 0.25) is 0 Å². The number of hydrogen-bond acceptors (Lipinski definition) is 4. The van der Waals surface area contributed by atoms with Gasteiger partial charge in [0.25, 0.3) is 0 Å². The van der Waals surface area contributed by atoms with Gasteiger partial charge in [-0.15, -0.1) is 0 Å². The number of methoxy groups -OCH3 is 2. The summed E-state index contributed by atoms with van der Waals surface area (Å²) >= 11 is 0. The average molecular weight is 264 g/mol. The number of nitrogens with zero attached hydrogens (tertiary/aromatic N) is 1. The van der Waals surface area contributed by atoms with Gasteiger partial charge in [-0.1, -0.05) is 0 Å². The minimum absolute atomic E-state index is 0.476. The van der Waals surface area contributed by atoms with Gasteiger partial charge in [-0.2, -0.15) is 0 Å². The molecule has 2 atom stereocenters. The van der Waals surface area contributed by atoms with E-state index >= 15 is 0 Å². The molecule has 0 spiro atoms. The van der Waals surface area contributed by atoms with Crippen molar-refractivity contribution < 1.29 is 9.47 Å². The Morgan fingerprint density at radius 2 is 1.95 bits per heavy atom. The molecule has 1 heterocycles. The zero-order valence-electron chi connectivity index (χ0n) is 12.3. The standard InChI is InChI=1S/C15H24N2O2/c1-11-7-8-17(10-12(2)16-11)14-6-5-13(18-3)9-15(14)19-4/h5-6,9,11-12,16H,7-8,10H2,1-4H3. The lowest BCUT2D eigenvalue weighted by molar-refractivity contribution is 0.394. The van der Waals surface area contributed by atoms with E-state index in [1.54, 1.807) is 14.2 Å². The van der Waals surface area contributed by atoms with E-state index in [0.29, 0.717) is 12.1 Å². The third kappa shape index (κ3) is 3.32. The largest absolute Gasteiger partial charge is 0.497 e. The van der Waals surface area contributed by atoms with Crippen LogP contribution >= 0.6 is 0 Å². The molecule has 0 aromatic heterocycles. The van der Waals surface area contributed by atoms with E-state index in [1.165, 1.54) is 0 Å². The summed E-state index contributed by atoms with van der Waals surface area (Å²) in [6.07, 6.45) is 1.14. The van der Waals surface area contributed by atoms with Crippen LogP contribution < -0.4 is 19.7 Å². The molecular formula is C15H24N2O2. The maximum atomic E-state index is 5.50. The molecule has 0 bridgehead atoms. The van der Waals surface area contributed by atoms with Crippen LogP contribution in [0.1, 0.15) is 20.3 Å². The molecular weight excluding hydrogens is 240 g/mol. The first-order chi connectivity index (χ1) is 9.13. The Labute approximate surface area is 115 Å². The summed E-state index contributed by atoms with van der Waals surface area (Å²) in [5.41, 5.74) is 1.14. The van der Waals surface area contributed by atoms with Gasteiger partial charge in [0.05, 0.1) is 19.9 Å². The molecule has 1 N–H and O–H groups in total. The van der Waals surface area contributed by atoms with Crippen molar-refractivity contribution in [1.29, 1.82) is 0 Å². The van der Waals surface area contributed by atoms with E-state index in [4.69, 9.17) is 9.47 Å². The minimum Gasteiger partial charge on any atom is -0.497 e. The van der Waals surface area contributed by atoms with E-state index in [2.05, 4.69) is 30.1 Å². The highest BCUT2D eigenvalue weighted by Crippen LogP contribution is 2.33. The Bertz CT molecular complexity index is 423. The molecule has 0 aliphatic carbocycles. The number of ether oxygens (including phenoxy) is 2. The number of anilines is 1. The van der Waals surface area contributed by atoms with E-state index in [1.807, 2.05) is 12.1 Å². The molecule has 2 unspecified atom stereocenters. The lowest BCUT2D eigenvalue weighted by atomic mass is 10.2. The van der Waals surface area contributed by atoms with Gasteiger partial charge >= 0.3 is 0 Å². The molecule has 0 amide bonds. The predicted octanol–water partition coefficient (Wildman–Crippen LogP) is 2.28. The fourth-order valence-corrected chi connectivity index (χ4v) is 2.66. The molecule has 1 fully saturated rings. The highest BCUT2D eigenvalue weighted by atomic mass is 16.5. The topological polar surface area (TPSA) is 33.7 Å². The molecule has 0 saturated carbocycles. The van der Waals surface area contributed by atoms with Crippen LogP contribution in [0.4, 0.5) is 5.69 Å². The smallest absolute Gasteiger partial charge is 0.145 e. The Hall–Kier alpha value is -1.42. The molecule has 1 aromatic carbocycles. The summed E-state index contributed by atoms with van der Waals surface area (Å²) in [6, 6.07) is 7.06. The Balaban J connectivity index is 2.24. The van der Waals surface area contributed by atoms with Gasteiger partial charge in [0.1, 0.15) is 11.5 Å². The lowest BCUT2D eigenvalue weighted by Gasteiger charge is -2.26. The van der Waals surface area contributed by atoms with Gasteiger partial charge in [-0.05, 0) is 32.4 Å². The van der Waals surface area contributed by atoms with Crippen LogP contribution in [-0.2, 0) is 0 Å². The quantitative estimate of drug-likeness (QED) is 0.908. The van der Waals surface area contributed by atoms with Crippen LogP contribution in [0.25, 0.3) is 0 Å². The van der Waals surface area contributed by atoms with Crippen LogP contribution in [-0.4, -0.2) is 39.4 Å². The first-order valence-electron chi connectivity index (χ1n) is 6.87. The molecule has 1 saturated heterocycles. The second-order valence-corrected chi connectivity index (χ2v) is 5.24. The molecule has 2 rings (SSSR count). The second kappa shape index (κ2) is 6.15. The highest BCUT2D eigenvalue weighted by Gasteiger charge is 2.20. The molecule has 0 radical (unpaired) electrons. The Kier molecular flexibility index (Phi) is 4.53. The normalized spacial score (nSPS) is 23.9. The summed E-state index contributed by atoms with van der Waals surface area (Å²) < 4.78 is 10.8. The summed E-state index contributed by atoms with van der Waals surface area (Å²) in [5, 5.41) is 3.59. The number of rotatable bonds is 3. The van der Waals surface area contributed by atoms with E-state index in [0.717, 1.165) is 36.7 Å². The third-order valence-corrected chi connectivity index (χ3v) is 3.62. The maximum Gasteiger partial charge on any atom is 0.145 e. The second-order valence-electron chi connectivity index (χ2n) is 5.24. The fourth-order valence-electron chi connectivity index (χ4n) is 2.66. The van der Waals surface area contributed by atoms with Crippen molar-refractivity contribution in [2.75, 3.05) is 32.2 Å². The number of nitrogens with one attached hydrogen (secondary N) is 1. The van der Waals surface area contributed by atoms with E-state index < -0.39 is 0 Å². The third-order valence-electron chi connectivity index (χ3n) is 3.62. The monoisotopic (exact) mass is 264 g/mol. The summed E-state index contributed by atoms with van der Waals surface area (Å²) in [7, 11) is 3.38. The van der Waals surface area contributed by atoms with Crippen LogP contribution in [0.5, 0.6) is 11.5 Å². The molecule has 4 heteroatoms. The van der Waals surface area contributed by atoms with Crippen molar-refractivity contribution in [3.05, 3.63) is 18.2 Å². The SMILES string of the molecule is COc1ccc(N2CCC(C)NC(C)C2)c(OC)c1. The average Bonchev–Trinajstić information content (AvgIpc) is 2.58. The van der Waals surface area contributed by atoms with Gasteiger partial charge in [0.15, 0.2) is 0 Å². The number of hydrogen-bond donors (Lipinski definition) is 1. The number of benzene rings is 1. The summed E-state index contributed by atoms with van der Waals surface area (Å²) in [4.78, 5) is 2.39. The molecule has 1 aromatic rings. The summed E-state index contributed by atoms with van der Waals surface area (Å²) in [5.74, 6) is 1.70. The fraction of sp³-hybridized carbons (Fsp3) is 0.600. The first-order valence-corrected chi connectivity index (χ1v) is 6.87. The van der Waals surface area contributed by atoms with Crippen LogP contribution in [0, 0.1) is 0 Å². The van der Waals surface area contributed by atoms with Gasteiger partial charge in [0.2, 0.25) is 0 Å². The zero-order valence-corrected chi connectivity index (χ0v) is 12.3. The van der Waals surface area contributed by atoms with Crippen molar-refractivity contribution in [2.45, 2.75) is 32.4 Å². The molecule has 106 valence electrons.